The zero-order valence-electron chi connectivity index (χ0n) is 62.0. The Balaban J connectivity index is 5.21. The van der Waals surface area contributed by atoms with Gasteiger partial charge in [-0.3, -0.25) is 37.3 Å². The number of aliphatic hydroxyl groups is 1. The van der Waals surface area contributed by atoms with Gasteiger partial charge < -0.3 is 33.8 Å². The minimum absolute atomic E-state index is 0.105. The second-order valence-electron chi connectivity index (χ2n) is 28.3. The SMILES string of the molecule is CCCCCCCCCCCCCCCCCCCCCC(=O)O[C@H](COC(=O)CCCCCCCCCCCCCCCC(C)C)COP(=O)(O)OC[C@@H](O)COP(=O)(O)OC[C@@H](COC(=O)CCCCCCCCCCC)OC(=O)CCCCCCCCCCC(C)C. The summed E-state index contributed by atoms with van der Waals surface area (Å²) in [5.74, 6) is -0.609. The molecule has 0 bridgehead atoms. The number of phosphoric ester groups is 2. The summed E-state index contributed by atoms with van der Waals surface area (Å²) >= 11 is 0. The molecule has 0 heterocycles. The van der Waals surface area contributed by atoms with Crippen LogP contribution in [-0.2, 0) is 65.4 Å². The zero-order valence-corrected chi connectivity index (χ0v) is 63.8. The Bertz CT molecular complexity index is 1840. The Morgan fingerprint density at radius 3 is 0.716 bits per heavy atom. The van der Waals surface area contributed by atoms with E-state index in [9.17, 15) is 43.2 Å². The van der Waals surface area contributed by atoms with Crippen molar-refractivity contribution >= 4 is 39.5 Å². The molecule has 0 radical (unpaired) electrons. The average Bonchev–Trinajstić information content (AvgIpc) is 1.66. The van der Waals surface area contributed by atoms with Gasteiger partial charge in [-0.25, -0.2) is 9.13 Å². The number of ether oxygens (including phenoxy) is 4. The van der Waals surface area contributed by atoms with E-state index in [1.165, 1.54) is 212 Å². The van der Waals surface area contributed by atoms with Crippen molar-refractivity contribution in [3.63, 3.8) is 0 Å². The van der Waals surface area contributed by atoms with Crippen LogP contribution in [0.25, 0.3) is 0 Å². The van der Waals surface area contributed by atoms with E-state index in [1.807, 2.05) is 0 Å². The van der Waals surface area contributed by atoms with Crippen LogP contribution in [0.2, 0.25) is 0 Å². The van der Waals surface area contributed by atoms with Gasteiger partial charge >= 0.3 is 39.5 Å². The highest BCUT2D eigenvalue weighted by Crippen LogP contribution is 2.45. The molecule has 0 amide bonds. The van der Waals surface area contributed by atoms with Crippen LogP contribution in [0.1, 0.15) is 395 Å². The molecule has 95 heavy (non-hydrogen) atoms. The van der Waals surface area contributed by atoms with Gasteiger partial charge in [0.1, 0.15) is 19.3 Å². The summed E-state index contributed by atoms with van der Waals surface area (Å²) in [7, 11) is -9.91. The maximum absolute atomic E-state index is 13.1. The summed E-state index contributed by atoms with van der Waals surface area (Å²) in [6.45, 7) is 9.56. The highest BCUT2D eigenvalue weighted by atomic mass is 31.2. The number of phosphoric acid groups is 2. The minimum Gasteiger partial charge on any atom is -0.462 e. The molecule has 17 nitrogen and oxygen atoms in total. The number of esters is 4. The fourth-order valence-corrected chi connectivity index (χ4v) is 13.2. The highest BCUT2D eigenvalue weighted by Gasteiger charge is 2.30. The number of unbranched alkanes of at least 4 members (excludes halogenated alkanes) is 45. The van der Waals surface area contributed by atoms with E-state index in [0.29, 0.717) is 25.7 Å². The van der Waals surface area contributed by atoms with Gasteiger partial charge in [0.25, 0.3) is 0 Å². The molecule has 0 aliphatic carbocycles. The first-order valence-electron chi connectivity index (χ1n) is 39.5. The molecule has 0 aromatic heterocycles. The quantitative estimate of drug-likeness (QED) is 0.0222. The normalized spacial score (nSPS) is 14.0. The third kappa shape index (κ3) is 70.3. The van der Waals surface area contributed by atoms with E-state index in [1.54, 1.807) is 0 Å². The molecular formula is C76H148O17P2. The van der Waals surface area contributed by atoms with Crippen LogP contribution in [0.3, 0.4) is 0 Å². The van der Waals surface area contributed by atoms with Crippen molar-refractivity contribution in [2.45, 2.75) is 413 Å². The van der Waals surface area contributed by atoms with E-state index in [0.717, 1.165) is 102 Å². The van der Waals surface area contributed by atoms with Crippen molar-refractivity contribution in [3.8, 4) is 0 Å². The smallest absolute Gasteiger partial charge is 0.462 e. The summed E-state index contributed by atoms with van der Waals surface area (Å²) < 4.78 is 68.5. The molecule has 0 rings (SSSR count). The largest absolute Gasteiger partial charge is 0.472 e. The standard InChI is InChI=1S/C76H148O17P2/c1-7-9-11-13-15-17-18-19-20-21-22-23-24-27-31-35-42-48-54-60-75(80)92-71(65-87-74(79)59-53-47-41-34-30-28-25-26-29-33-38-44-50-56-68(3)4)66-90-94(82,83)88-62-70(77)63-89-95(84,85)91-67-72(64-86-73(78)58-52-46-40-32-16-14-12-10-8-2)93-76(81)61-55-49-43-37-36-39-45-51-57-69(5)6/h68-72,77H,7-67H2,1-6H3,(H,82,83)(H,84,85)/t70-,71-,72-/m1/s1. The Morgan fingerprint density at radius 1 is 0.284 bits per heavy atom. The van der Waals surface area contributed by atoms with Crippen LogP contribution >= 0.6 is 15.6 Å². The predicted octanol–water partition coefficient (Wildman–Crippen LogP) is 22.3. The molecular weight excluding hydrogens is 1250 g/mol. The third-order valence-corrected chi connectivity index (χ3v) is 19.6. The third-order valence-electron chi connectivity index (χ3n) is 17.7. The maximum Gasteiger partial charge on any atom is 0.472 e. The maximum atomic E-state index is 13.1. The van der Waals surface area contributed by atoms with Gasteiger partial charge in [-0.2, -0.15) is 0 Å². The lowest BCUT2D eigenvalue weighted by Crippen LogP contribution is -2.30. The summed E-state index contributed by atoms with van der Waals surface area (Å²) in [4.78, 5) is 72.7. The van der Waals surface area contributed by atoms with Gasteiger partial charge in [0.2, 0.25) is 0 Å². The molecule has 0 saturated heterocycles. The molecule has 0 aromatic rings. The molecule has 2 unspecified atom stereocenters. The van der Waals surface area contributed by atoms with Crippen LogP contribution in [0.15, 0.2) is 0 Å². The van der Waals surface area contributed by atoms with Crippen LogP contribution in [0.5, 0.6) is 0 Å². The lowest BCUT2D eigenvalue weighted by Gasteiger charge is -2.21. The van der Waals surface area contributed by atoms with Crippen LogP contribution in [-0.4, -0.2) is 96.7 Å². The Hall–Kier alpha value is -1.94. The number of carbonyl (C=O) groups is 4. The lowest BCUT2D eigenvalue weighted by atomic mass is 10.0. The second kappa shape index (κ2) is 67.9. The van der Waals surface area contributed by atoms with Gasteiger partial charge in [-0.05, 0) is 37.5 Å². The van der Waals surface area contributed by atoms with Gasteiger partial charge in [-0.1, -0.05) is 343 Å². The highest BCUT2D eigenvalue weighted by molar-refractivity contribution is 7.47. The van der Waals surface area contributed by atoms with Gasteiger partial charge in [0.15, 0.2) is 12.2 Å². The van der Waals surface area contributed by atoms with Crippen molar-refractivity contribution in [2.24, 2.45) is 11.8 Å². The monoisotopic (exact) mass is 1400 g/mol. The van der Waals surface area contributed by atoms with Crippen LogP contribution in [0, 0.1) is 11.8 Å². The van der Waals surface area contributed by atoms with E-state index in [2.05, 4.69) is 41.5 Å². The molecule has 19 heteroatoms. The van der Waals surface area contributed by atoms with Gasteiger partial charge in [0, 0.05) is 25.7 Å². The first kappa shape index (κ1) is 93.1. The summed E-state index contributed by atoms with van der Waals surface area (Å²) in [5.41, 5.74) is 0. The van der Waals surface area contributed by atoms with E-state index < -0.39 is 97.5 Å². The number of rotatable bonds is 75. The molecule has 5 atom stereocenters. The first-order valence-corrected chi connectivity index (χ1v) is 42.5. The van der Waals surface area contributed by atoms with Gasteiger partial charge in [-0.15, -0.1) is 0 Å². The van der Waals surface area contributed by atoms with Crippen LogP contribution in [0.4, 0.5) is 0 Å². The van der Waals surface area contributed by atoms with Crippen molar-refractivity contribution in [2.75, 3.05) is 39.6 Å². The molecule has 0 fully saturated rings. The molecule has 3 N–H and O–H groups in total. The number of hydrogen-bond acceptors (Lipinski definition) is 15. The van der Waals surface area contributed by atoms with Crippen molar-refractivity contribution in [1.82, 2.24) is 0 Å². The number of carbonyl (C=O) groups excluding carboxylic acids is 4. The molecule has 0 spiro atoms. The molecule has 564 valence electrons. The molecule has 0 aliphatic heterocycles. The topological polar surface area (TPSA) is 237 Å². The van der Waals surface area contributed by atoms with Crippen LogP contribution < -0.4 is 0 Å². The van der Waals surface area contributed by atoms with Gasteiger partial charge in [0.05, 0.1) is 26.4 Å². The van der Waals surface area contributed by atoms with E-state index >= 15 is 0 Å². The molecule has 0 aromatic carbocycles. The Morgan fingerprint density at radius 2 is 0.484 bits per heavy atom. The molecule has 0 saturated carbocycles. The van der Waals surface area contributed by atoms with E-state index in [-0.39, 0.29) is 25.7 Å². The minimum atomic E-state index is -4.96. The average molecular weight is 1400 g/mol. The zero-order chi connectivity index (χ0) is 70.0. The first-order chi connectivity index (χ1) is 45.9. The lowest BCUT2D eigenvalue weighted by molar-refractivity contribution is -0.161. The fourth-order valence-electron chi connectivity index (χ4n) is 11.7. The number of hydrogen-bond donors (Lipinski definition) is 3. The predicted molar refractivity (Wildman–Crippen MR) is 386 cm³/mol. The number of aliphatic hydroxyl groups excluding tert-OH is 1. The fraction of sp³-hybridized carbons (Fsp3) is 0.947. The summed E-state index contributed by atoms with van der Waals surface area (Å²) in [5, 5.41) is 10.6. The molecule has 0 aliphatic rings. The van der Waals surface area contributed by atoms with Crippen molar-refractivity contribution < 1.29 is 80.2 Å². The second-order valence-corrected chi connectivity index (χ2v) is 31.3. The Kier molecular flexibility index (Phi) is 66.5. The Labute approximate surface area is 581 Å². The van der Waals surface area contributed by atoms with Crippen molar-refractivity contribution in [3.05, 3.63) is 0 Å². The summed E-state index contributed by atoms with van der Waals surface area (Å²) in [6.07, 6.45) is 55.6. The van der Waals surface area contributed by atoms with Crippen molar-refractivity contribution in [1.29, 1.82) is 0 Å². The van der Waals surface area contributed by atoms with E-state index in [4.69, 9.17) is 37.0 Å². The summed E-state index contributed by atoms with van der Waals surface area (Å²) in [6, 6.07) is 0.